The van der Waals surface area contributed by atoms with Crippen LogP contribution in [0.2, 0.25) is 10.2 Å². The Morgan fingerprint density at radius 2 is 1.95 bits per heavy atom. The molecule has 0 bridgehead atoms. The van der Waals surface area contributed by atoms with Gasteiger partial charge in [-0.2, -0.15) is 10.2 Å². The van der Waals surface area contributed by atoms with Gasteiger partial charge in [-0.3, -0.25) is 9.36 Å². The molecule has 2 aromatic heterocycles. The van der Waals surface area contributed by atoms with Crippen molar-refractivity contribution in [1.29, 1.82) is 0 Å². The van der Waals surface area contributed by atoms with Gasteiger partial charge in [0.25, 0.3) is 0 Å². The van der Waals surface area contributed by atoms with Crippen molar-refractivity contribution in [2.45, 2.75) is 32.9 Å². The van der Waals surface area contributed by atoms with Crippen LogP contribution in [0, 0.1) is 6.92 Å². The molecule has 0 aliphatic heterocycles. The number of nitrogens with zero attached hydrogens (tertiary/aromatic N) is 4. The lowest BCUT2D eigenvalue weighted by atomic mass is 10.1. The molecule has 0 spiro atoms. The first-order chi connectivity index (χ1) is 8.84. The lowest BCUT2D eigenvalue weighted by molar-refractivity contribution is 0.204. The van der Waals surface area contributed by atoms with E-state index in [2.05, 4.69) is 10.2 Å². The average molecular weight is 303 g/mol. The third kappa shape index (κ3) is 2.38. The monoisotopic (exact) mass is 302 g/mol. The van der Waals surface area contributed by atoms with Crippen molar-refractivity contribution in [2.75, 3.05) is 0 Å². The molecule has 7 heteroatoms. The zero-order valence-electron chi connectivity index (χ0n) is 11.2. The Bertz CT molecular complexity index is 603. The summed E-state index contributed by atoms with van der Waals surface area (Å²) in [5.74, 6) is 0. The molecule has 19 heavy (non-hydrogen) atoms. The predicted molar refractivity (Wildman–Crippen MR) is 74.6 cm³/mol. The summed E-state index contributed by atoms with van der Waals surface area (Å²) in [6.45, 7) is 5.74. The highest BCUT2D eigenvalue weighted by atomic mass is 35.5. The van der Waals surface area contributed by atoms with E-state index in [9.17, 15) is 5.11 Å². The number of hydrogen-bond acceptors (Lipinski definition) is 3. The number of hydrogen-bond donors (Lipinski definition) is 1. The van der Waals surface area contributed by atoms with Gasteiger partial charge in [0.2, 0.25) is 0 Å². The van der Waals surface area contributed by atoms with Crippen molar-refractivity contribution < 1.29 is 5.11 Å². The Balaban J connectivity index is 2.56. The first kappa shape index (κ1) is 14.4. The summed E-state index contributed by atoms with van der Waals surface area (Å²) in [6.07, 6.45) is 0.582. The molecule has 0 amide bonds. The van der Waals surface area contributed by atoms with E-state index in [0.717, 1.165) is 0 Å². The Kier molecular flexibility index (Phi) is 3.90. The first-order valence-corrected chi connectivity index (χ1v) is 6.70. The van der Waals surface area contributed by atoms with Gasteiger partial charge in [0.05, 0.1) is 22.6 Å². The minimum absolute atomic E-state index is 0.0907. The SMILES string of the molecule is Cc1nn(C)c(Cl)c1C(O)c1c(Cl)cnn1C(C)C. The summed E-state index contributed by atoms with van der Waals surface area (Å²) >= 11 is 12.3. The fourth-order valence-electron chi connectivity index (χ4n) is 2.11. The van der Waals surface area contributed by atoms with Gasteiger partial charge in [0.15, 0.2) is 0 Å². The number of rotatable bonds is 3. The molecule has 1 atom stereocenters. The zero-order valence-corrected chi connectivity index (χ0v) is 12.7. The summed E-state index contributed by atoms with van der Waals surface area (Å²) in [6, 6.07) is 0.0907. The van der Waals surface area contributed by atoms with Crippen LogP contribution in [0.1, 0.15) is 42.9 Å². The van der Waals surface area contributed by atoms with Crippen molar-refractivity contribution in [2.24, 2.45) is 7.05 Å². The molecular formula is C12H16Cl2N4O. The lowest BCUT2D eigenvalue weighted by Gasteiger charge is -2.16. The predicted octanol–water partition coefficient (Wildman–Crippen LogP) is 2.89. The molecule has 2 heterocycles. The van der Waals surface area contributed by atoms with Crippen molar-refractivity contribution in [3.05, 3.63) is 33.3 Å². The van der Waals surface area contributed by atoms with Crippen LogP contribution in [-0.2, 0) is 7.05 Å². The highest BCUT2D eigenvalue weighted by Crippen LogP contribution is 2.34. The van der Waals surface area contributed by atoms with Crippen LogP contribution < -0.4 is 0 Å². The van der Waals surface area contributed by atoms with Crippen LogP contribution in [0.3, 0.4) is 0 Å². The second-order valence-corrected chi connectivity index (χ2v) is 5.50. The third-order valence-corrected chi connectivity index (χ3v) is 3.74. The van der Waals surface area contributed by atoms with Gasteiger partial charge in [-0.05, 0) is 20.8 Å². The standard InChI is InChI=1S/C12H16Cl2N4O/c1-6(2)18-10(8(13)5-15-18)11(19)9-7(3)16-17(4)12(9)14/h5-6,11,19H,1-4H3. The molecule has 2 rings (SSSR count). The van der Waals surface area contributed by atoms with Gasteiger partial charge < -0.3 is 5.11 Å². The summed E-state index contributed by atoms with van der Waals surface area (Å²) in [4.78, 5) is 0. The summed E-state index contributed by atoms with van der Waals surface area (Å²) in [7, 11) is 1.73. The number of aliphatic hydroxyl groups is 1. The van der Waals surface area contributed by atoms with Gasteiger partial charge in [-0.15, -0.1) is 0 Å². The van der Waals surface area contributed by atoms with E-state index in [0.29, 0.717) is 27.1 Å². The van der Waals surface area contributed by atoms with Gasteiger partial charge >= 0.3 is 0 Å². The van der Waals surface area contributed by atoms with Crippen LogP contribution in [0.4, 0.5) is 0 Å². The van der Waals surface area contributed by atoms with Crippen molar-refractivity contribution >= 4 is 23.2 Å². The molecule has 1 N–H and O–H groups in total. The molecule has 2 aromatic rings. The highest BCUT2D eigenvalue weighted by molar-refractivity contribution is 6.31. The number of aliphatic hydroxyl groups excluding tert-OH is 1. The van der Waals surface area contributed by atoms with Gasteiger partial charge in [0.1, 0.15) is 11.3 Å². The number of aryl methyl sites for hydroxylation is 2. The summed E-state index contributed by atoms with van der Waals surface area (Å²) in [5, 5.41) is 19.8. The maximum atomic E-state index is 10.6. The van der Waals surface area contributed by atoms with E-state index in [1.165, 1.54) is 10.9 Å². The molecule has 104 valence electrons. The molecule has 0 saturated heterocycles. The first-order valence-electron chi connectivity index (χ1n) is 5.94. The minimum Gasteiger partial charge on any atom is -0.382 e. The van der Waals surface area contributed by atoms with Crippen LogP contribution in [0.25, 0.3) is 0 Å². The van der Waals surface area contributed by atoms with E-state index in [1.54, 1.807) is 18.7 Å². The molecule has 0 aliphatic carbocycles. The van der Waals surface area contributed by atoms with E-state index < -0.39 is 6.10 Å². The van der Waals surface area contributed by atoms with Gasteiger partial charge in [-0.1, -0.05) is 23.2 Å². The molecule has 1 unspecified atom stereocenters. The second-order valence-electron chi connectivity index (χ2n) is 4.73. The Hall–Kier alpha value is -1.04. The van der Waals surface area contributed by atoms with Crippen LogP contribution >= 0.6 is 23.2 Å². The molecule has 0 saturated carbocycles. The molecule has 0 radical (unpaired) electrons. The largest absolute Gasteiger partial charge is 0.382 e. The van der Waals surface area contributed by atoms with Crippen molar-refractivity contribution in [3.63, 3.8) is 0 Å². The quantitative estimate of drug-likeness (QED) is 0.948. The normalized spacial score (nSPS) is 13.3. The number of aromatic nitrogens is 4. The van der Waals surface area contributed by atoms with Crippen LogP contribution in [-0.4, -0.2) is 24.7 Å². The molecular weight excluding hydrogens is 287 g/mol. The summed E-state index contributed by atoms with van der Waals surface area (Å²) in [5.41, 5.74) is 1.77. The van der Waals surface area contributed by atoms with Crippen molar-refractivity contribution in [3.8, 4) is 0 Å². The van der Waals surface area contributed by atoms with Gasteiger partial charge in [-0.25, -0.2) is 0 Å². The lowest BCUT2D eigenvalue weighted by Crippen LogP contribution is -2.13. The van der Waals surface area contributed by atoms with Crippen LogP contribution in [0.15, 0.2) is 6.20 Å². The smallest absolute Gasteiger partial charge is 0.133 e. The molecule has 0 fully saturated rings. The van der Waals surface area contributed by atoms with Gasteiger partial charge in [0, 0.05) is 18.7 Å². The topological polar surface area (TPSA) is 55.9 Å². The number of halogens is 2. The van der Waals surface area contributed by atoms with E-state index >= 15 is 0 Å². The third-order valence-electron chi connectivity index (χ3n) is 3.00. The summed E-state index contributed by atoms with van der Waals surface area (Å²) < 4.78 is 3.22. The van der Waals surface area contributed by atoms with Crippen molar-refractivity contribution in [1.82, 2.24) is 19.6 Å². The molecule has 5 nitrogen and oxygen atoms in total. The Morgan fingerprint density at radius 1 is 1.32 bits per heavy atom. The maximum Gasteiger partial charge on any atom is 0.133 e. The van der Waals surface area contributed by atoms with E-state index in [1.807, 2.05) is 13.8 Å². The Labute approximate surface area is 121 Å². The fourth-order valence-corrected chi connectivity index (χ4v) is 2.62. The molecule has 0 aliphatic rings. The zero-order chi connectivity index (χ0) is 14.3. The van der Waals surface area contributed by atoms with E-state index in [-0.39, 0.29) is 6.04 Å². The average Bonchev–Trinajstić information content (AvgIpc) is 2.81. The molecule has 0 aromatic carbocycles. The van der Waals surface area contributed by atoms with Crippen LogP contribution in [0.5, 0.6) is 0 Å². The highest BCUT2D eigenvalue weighted by Gasteiger charge is 2.27. The fraction of sp³-hybridized carbons (Fsp3) is 0.500. The Morgan fingerprint density at radius 3 is 2.42 bits per heavy atom. The maximum absolute atomic E-state index is 10.6. The van der Waals surface area contributed by atoms with E-state index in [4.69, 9.17) is 23.2 Å². The minimum atomic E-state index is -0.946. The second kappa shape index (κ2) is 5.15.